The van der Waals surface area contributed by atoms with E-state index in [1.165, 1.54) is 22.6 Å². The number of nitrogens with one attached hydrogen (secondary N) is 1. The maximum atomic E-state index is 12.9. The van der Waals surface area contributed by atoms with Gasteiger partial charge in [-0.1, -0.05) is 30.3 Å². The molecule has 8 heteroatoms. The molecule has 0 aliphatic carbocycles. The van der Waals surface area contributed by atoms with Crippen LogP contribution in [0.4, 0.5) is 0 Å². The zero-order chi connectivity index (χ0) is 18.3. The molecule has 136 valence electrons. The lowest BCUT2D eigenvalue weighted by molar-refractivity contribution is -0.119. The van der Waals surface area contributed by atoms with Gasteiger partial charge in [0.05, 0.1) is 6.54 Å². The van der Waals surface area contributed by atoms with Crippen LogP contribution in [0.5, 0.6) is 0 Å². The van der Waals surface area contributed by atoms with Crippen molar-refractivity contribution in [2.45, 2.75) is 24.1 Å². The van der Waals surface area contributed by atoms with Crippen molar-refractivity contribution in [1.82, 2.24) is 9.62 Å². The van der Waals surface area contributed by atoms with Crippen LogP contribution < -0.4 is 11.1 Å². The van der Waals surface area contributed by atoms with Gasteiger partial charge in [-0.25, -0.2) is 8.42 Å². The third kappa shape index (κ3) is 5.64. The number of sulfonamides is 1. The van der Waals surface area contributed by atoms with Gasteiger partial charge in [0.15, 0.2) is 0 Å². The Bertz CT molecular complexity index is 788. The Hall–Kier alpha value is -1.74. The van der Waals surface area contributed by atoms with E-state index in [2.05, 4.69) is 5.32 Å². The van der Waals surface area contributed by atoms with Crippen molar-refractivity contribution in [3.63, 3.8) is 0 Å². The molecular formula is C17H23N3O3S2. The highest BCUT2D eigenvalue weighted by atomic mass is 32.2. The maximum Gasteiger partial charge on any atom is 0.252 e. The van der Waals surface area contributed by atoms with E-state index in [1.807, 2.05) is 30.3 Å². The normalized spacial score (nSPS) is 11.6. The third-order valence-electron chi connectivity index (χ3n) is 3.61. The van der Waals surface area contributed by atoms with Crippen molar-refractivity contribution in [2.24, 2.45) is 5.73 Å². The van der Waals surface area contributed by atoms with Crippen LogP contribution in [0, 0.1) is 0 Å². The van der Waals surface area contributed by atoms with Crippen molar-refractivity contribution < 1.29 is 13.2 Å². The van der Waals surface area contributed by atoms with Gasteiger partial charge in [-0.05, 0) is 24.1 Å². The summed E-state index contributed by atoms with van der Waals surface area (Å²) in [6, 6.07) is 13.1. The topological polar surface area (TPSA) is 92.5 Å². The highest BCUT2D eigenvalue weighted by Gasteiger charge is 2.25. The summed E-state index contributed by atoms with van der Waals surface area (Å²) < 4.78 is 27.5. The molecule has 0 aliphatic rings. The molecule has 1 amide bonds. The van der Waals surface area contributed by atoms with E-state index in [4.69, 9.17) is 5.73 Å². The molecule has 0 saturated heterocycles. The number of hydrogen-bond donors (Lipinski definition) is 2. The number of carbonyl (C=O) groups is 1. The molecule has 1 aromatic heterocycles. The fourth-order valence-electron chi connectivity index (χ4n) is 2.33. The summed E-state index contributed by atoms with van der Waals surface area (Å²) in [4.78, 5) is 11.8. The Morgan fingerprint density at radius 1 is 1.16 bits per heavy atom. The van der Waals surface area contributed by atoms with Crippen molar-refractivity contribution in [2.75, 3.05) is 19.6 Å². The van der Waals surface area contributed by atoms with Crippen molar-refractivity contribution in [3.8, 4) is 0 Å². The Morgan fingerprint density at radius 2 is 1.88 bits per heavy atom. The van der Waals surface area contributed by atoms with Gasteiger partial charge in [0.1, 0.15) is 4.21 Å². The van der Waals surface area contributed by atoms with E-state index in [0.717, 1.165) is 10.4 Å². The lowest BCUT2D eigenvalue weighted by Gasteiger charge is -2.20. The van der Waals surface area contributed by atoms with Crippen LogP contribution in [0.25, 0.3) is 0 Å². The monoisotopic (exact) mass is 381 g/mol. The summed E-state index contributed by atoms with van der Waals surface area (Å²) in [5, 5.41) is 2.67. The summed E-state index contributed by atoms with van der Waals surface area (Å²) in [6.45, 7) is 2.67. The smallest absolute Gasteiger partial charge is 0.252 e. The first-order valence-electron chi connectivity index (χ1n) is 8.01. The highest BCUT2D eigenvalue weighted by Crippen LogP contribution is 2.25. The second-order valence-electron chi connectivity index (χ2n) is 5.56. The van der Waals surface area contributed by atoms with Crippen LogP contribution in [0.15, 0.2) is 46.7 Å². The van der Waals surface area contributed by atoms with E-state index in [0.29, 0.717) is 19.5 Å². The number of carbonyl (C=O) groups excluding carboxylic acids is 1. The van der Waals surface area contributed by atoms with E-state index in [1.54, 1.807) is 12.1 Å². The second-order valence-corrected chi connectivity index (χ2v) is 8.89. The first-order valence-corrected chi connectivity index (χ1v) is 10.3. The number of nitrogens with zero attached hydrogens (tertiary/aromatic N) is 1. The molecule has 0 unspecified atom stereocenters. The molecule has 1 heterocycles. The van der Waals surface area contributed by atoms with Gasteiger partial charge >= 0.3 is 0 Å². The quantitative estimate of drug-likeness (QED) is 0.690. The fourth-order valence-corrected chi connectivity index (χ4v) is 5.23. The molecule has 0 spiro atoms. The molecule has 25 heavy (non-hydrogen) atoms. The van der Waals surface area contributed by atoms with Crippen molar-refractivity contribution >= 4 is 27.3 Å². The summed E-state index contributed by atoms with van der Waals surface area (Å²) in [5.41, 5.74) is 6.69. The molecule has 0 radical (unpaired) electrons. The molecule has 0 aliphatic heterocycles. The molecule has 0 bridgehead atoms. The number of benzene rings is 1. The van der Waals surface area contributed by atoms with Crippen molar-refractivity contribution in [1.29, 1.82) is 0 Å². The Kier molecular flexibility index (Phi) is 7.12. The minimum Gasteiger partial charge on any atom is -0.351 e. The lowest BCUT2D eigenvalue weighted by Crippen LogP contribution is -2.36. The van der Waals surface area contributed by atoms with E-state index >= 15 is 0 Å². The zero-order valence-corrected chi connectivity index (χ0v) is 15.8. The fraction of sp³-hybridized carbons (Fsp3) is 0.353. The van der Waals surface area contributed by atoms with E-state index < -0.39 is 10.0 Å². The Balaban J connectivity index is 2.11. The molecule has 0 fully saturated rings. The van der Waals surface area contributed by atoms with Gasteiger partial charge in [-0.3, -0.25) is 4.79 Å². The van der Waals surface area contributed by atoms with Gasteiger partial charge in [0.2, 0.25) is 5.91 Å². The van der Waals surface area contributed by atoms with Crippen LogP contribution in [0.1, 0.15) is 17.4 Å². The largest absolute Gasteiger partial charge is 0.351 e. The Morgan fingerprint density at radius 3 is 2.52 bits per heavy atom. The number of thiophene rings is 1. The molecule has 2 aromatic rings. The van der Waals surface area contributed by atoms with Gasteiger partial charge in [-0.15, -0.1) is 11.3 Å². The lowest BCUT2D eigenvalue weighted by atomic mass is 10.1. The number of hydrogen-bond acceptors (Lipinski definition) is 5. The molecule has 6 nitrogen and oxygen atoms in total. The average Bonchev–Trinajstić information content (AvgIpc) is 3.07. The molecule has 0 atom stereocenters. The average molecular weight is 382 g/mol. The van der Waals surface area contributed by atoms with E-state index in [-0.39, 0.29) is 23.2 Å². The van der Waals surface area contributed by atoms with Gasteiger partial charge < -0.3 is 11.1 Å². The van der Waals surface area contributed by atoms with Crippen LogP contribution >= 0.6 is 11.3 Å². The molecule has 2 rings (SSSR count). The van der Waals surface area contributed by atoms with Crippen LogP contribution in [0.2, 0.25) is 0 Å². The number of nitrogens with two attached hydrogens (primary N) is 1. The van der Waals surface area contributed by atoms with Gasteiger partial charge in [0.25, 0.3) is 10.0 Å². The number of rotatable bonds is 9. The van der Waals surface area contributed by atoms with Crippen LogP contribution in [0.3, 0.4) is 0 Å². The molecule has 3 N–H and O–H groups in total. The van der Waals surface area contributed by atoms with Gasteiger partial charge in [-0.2, -0.15) is 4.31 Å². The Labute approximate surface area is 152 Å². The SMILES string of the molecule is CC(=O)NCc1ccc(S(=O)(=O)N(CCN)CCc2ccccc2)s1. The van der Waals surface area contributed by atoms with Crippen molar-refractivity contribution in [3.05, 3.63) is 52.9 Å². The molecule has 0 saturated carbocycles. The summed E-state index contributed by atoms with van der Waals surface area (Å²) in [7, 11) is -3.59. The zero-order valence-electron chi connectivity index (χ0n) is 14.1. The highest BCUT2D eigenvalue weighted by molar-refractivity contribution is 7.91. The minimum atomic E-state index is -3.59. The minimum absolute atomic E-state index is 0.148. The summed E-state index contributed by atoms with van der Waals surface area (Å²) >= 11 is 1.17. The first kappa shape index (κ1) is 19.6. The van der Waals surface area contributed by atoms with Crippen LogP contribution in [-0.2, 0) is 27.8 Å². The molecular weight excluding hydrogens is 358 g/mol. The number of amides is 1. The first-order chi connectivity index (χ1) is 11.9. The predicted molar refractivity (Wildman–Crippen MR) is 99.8 cm³/mol. The summed E-state index contributed by atoms with van der Waals surface area (Å²) in [6.07, 6.45) is 0.629. The summed E-state index contributed by atoms with van der Waals surface area (Å²) in [5.74, 6) is -0.148. The standard InChI is InChI=1S/C17H23N3O3S2/c1-14(21)19-13-16-7-8-17(24-16)25(22,23)20(12-10-18)11-9-15-5-3-2-4-6-15/h2-8H,9-13,18H2,1H3,(H,19,21). The second kappa shape index (κ2) is 9.10. The van der Waals surface area contributed by atoms with E-state index in [9.17, 15) is 13.2 Å². The van der Waals surface area contributed by atoms with Crippen LogP contribution in [-0.4, -0.2) is 38.3 Å². The molecule has 1 aromatic carbocycles. The van der Waals surface area contributed by atoms with Gasteiger partial charge in [0, 0.05) is 31.4 Å². The third-order valence-corrected chi connectivity index (χ3v) is 7.07. The maximum absolute atomic E-state index is 12.9. The predicted octanol–water partition coefficient (Wildman–Crippen LogP) is 1.58.